The Kier molecular flexibility index (Phi) is 6.88. The molecular formula is C17H20N2O3S2. The summed E-state index contributed by atoms with van der Waals surface area (Å²) in [7, 11) is 0. The number of aryl methyl sites for hydroxylation is 1. The monoisotopic (exact) mass is 364 g/mol. The number of hydrogen-bond acceptors (Lipinski definition) is 6. The van der Waals surface area contributed by atoms with Gasteiger partial charge in [0.05, 0.1) is 29.0 Å². The number of esters is 1. The first kappa shape index (κ1) is 18.6. The molecule has 2 heterocycles. The van der Waals surface area contributed by atoms with E-state index in [4.69, 9.17) is 4.74 Å². The molecule has 128 valence electrons. The van der Waals surface area contributed by atoms with Crippen molar-refractivity contribution in [3.8, 4) is 6.07 Å². The lowest BCUT2D eigenvalue weighted by Gasteiger charge is -2.24. The highest BCUT2D eigenvalue weighted by Crippen LogP contribution is 2.39. The number of amides is 1. The number of carbonyl (C=O) groups excluding carboxylic acids is 2. The molecule has 0 radical (unpaired) electrons. The number of carbonyl (C=O) groups is 2. The Hall–Kier alpha value is -1.78. The highest BCUT2D eigenvalue weighted by atomic mass is 32.2. The number of nitrogens with one attached hydrogen (secondary N) is 1. The van der Waals surface area contributed by atoms with Crippen LogP contribution in [0.25, 0.3) is 0 Å². The average Bonchev–Trinajstić information content (AvgIpc) is 2.98. The van der Waals surface area contributed by atoms with Gasteiger partial charge in [-0.05, 0) is 30.4 Å². The van der Waals surface area contributed by atoms with E-state index in [-0.39, 0.29) is 30.0 Å². The molecule has 0 spiro atoms. The van der Waals surface area contributed by atoms with Gasteiger partial charge in [0.2, 0.25) is 5.91 Å². The molecule has 1 aliphatic heterocycles. The van der Waals surface area contributed by atoms with Gasteiger partial charge in [-0.25, -0.2) is 0 Å². The number of nitrogens with zero attached hydrogens (tertiary/aromatic N) is 1. The minimum atomic E-state index is -0.332. The van der Waals surface area contributed by atoms with Crippen molar-refractivity contribution in [2.75, 3.05) is 12.4 Å². The summed E-state index contributed by atoms with van der Waals surface area (Å²) in [6, 6.07) is 4.20. The van der Waals surface area contributed by atoms with Crippen LogP contribution in [0.4, 0.5) is 0 Å². The molecule has 2 rings (SSSR count). The third-order valence-corrected chi connectivity index (χ3v) is 5.79. The SMILES string of the molecule is CCCCOC(=O)CSC1=C(C#N)C(c2sccc2C)CC(=O)N1. The van der Waals surface area contributed by atoms with E-state index in [2.05, 4.69) is 11.4 Å². The van der Waals surface area contributed by atoms with Gasteiger partial charge in [0, 0.05) is 17.2 Å². The van der Waals surface area contributed by atoms with Crippen LogP contribution < -0.4 is 5.32 Å². The standard InChI is InChI=1S/C17H20N2O3S2/c1-3-4-6-22-15(21)10-24-17-13(9-18)12(8-14(20)19-17)16-11(2)5-7-23-16/h5,7,12H,3-4,6,8,10H2,1-2H3,(H,19,20). The average molecular weight is 364 g/mol. The van der Waals surface area contributed by atoms with Gasteiger partial charge in [-0.1, -0.05) is 25.1 Å². The van der Waals surface area contributed by atoms with Crippen LogP contribution in [0.5, 0.6) is 0 Å². The zero-order valence-electron chi connectivity index (χ0n) is 13.8. The van der Waals surface area contributed by atoms with Gasteiger partial charge in [0.15, 0.2) is 0 Å². The number of unbranched alkanes of at least 4 members (excludes halogenated alkanes) is 1. The number of rotatable bonds is 7. The lowest BCUT2D eigenvalue weighted by molar-refractivity contribution is -0.140. The van der Waals surface area contributed by atoms with Crippen LogP contribution in [-0.2, 0) is 14.3 Å². The van der Waals surface area contributed by atoms with E-state index in [1.807, 2.05) is 25.3 Å². The zero-order chi connectivity index (χ0) is 17.5. The minimum absolute atomic E-state index is 0.0840. The number of thioether (sulfide) groups is 1. The first-order valence-corrected chi connectivity index (χ1v) is 9.69. The van der Waals surface area contributed by atoms with E-state index in [9.17, 15) is 14.9 Å². The van der Waals surface area contributed by atoms with Crippen molar-refractivity contribution in [1.29, 1.82) is 5.26 Å². The number of nitriles is 1. The second-order valence-corrected chi connectivity index (χ2v) is 7.42. The summed E-state index contributed by atoms with van der Waals surface area (Å²) in [4.78, 5) is 24.8. The molecule has 1 aliphatic rings. The Labute approximate surface area is 150 Å². The summed E-state index contributed by atoms with van der Waals surface area (Å²) in [5, 5.41) is 14.7. The van der Waals surface area contributed by atoms with Crippen LogP contribution in [0.1, 0.15) is 42.5 Å². The largest absolute Gasteiger partial charge is 0.465 e. The summed E-state index contributed by atoms with van der Waals surface area (Å²) < 4.78 is 5.11. The second-order valence-electron chi connectivity index (χ2n) is 5.49. The molecule has 0 saturated heterocycles. The molecule has 5 nitrogen and oxygen atoms in total. The highest BCUT2D eigenvalue weighted by molar-refractivity contribution is 8.03. The zero-order valence-corrected chi connectivity index (χ0v) is 15.4. The minimum Gasteiger partial charge on any atom is -0.465 e. The van der Waals surface area contributed by atoms with Gasteiger partial charge in [-0.3, -0.25) is 9.59 Å². The van der Waals surface area contributed by atoms with Crippen LogP contribution in [-0.4, -0.2) is 24.2 Å². The Morgan fingerprint density at radius 3 is 3.00 bits per heavy atom. The van der Waals surface area contributed by atoms with Crippen molar-refractivity contribution >= 4 is 35.0 Å². The smallest absolute Gasteiger partial charge is 0.316 e. The van der Waals surface area contributed by atoms with Crippen molar-refractivity contribution in [2.45, 2.75) is 39.0 Å². The topological polar surface area (TPSA) is 79.2 Å². The van der Waals surface area contributed by atoms with E-state index in [1.54, 1.807) is 11.3 Å². The Bertz CT molecular complexity index is 688. The summed E-state index contributed by atoms with van der Waals surface area (Å²) in [5.41, 5.74) is 1.60. The van der Waals surface area contributed by atoms with Gasteiger partial charge >= 0.3 is 5.97 Å². The molecule has 0 aliphatic carbocycles. The summed E-state index contributed by atoms with van der Waals surface area (Å²) >= 11 is 2.71. The predicted molar refractivity (Wildman–Crippen MR) is 95.5 cm³/mol. The Morgan fingerprint density at radius 1 is 1.58 bits per heavy atom. The van der Waals surface area contributed by atoms with Gasteiger partial charge in [0.1, 0.15) is 0 Å². The molecule has 24 heavy (non-hydrogen) atoms. The molecule has 1 aromatic heterocycles. The first-order chi connectivity index (χ1) is 11.6. The highest BCUT2D eigenvalue weighted by Gasteiger charge is 2.31. The van der Waals surface area contributed by atoms with Crippen LogP contribution in [0.15, 0.2) is 22.0 Å². The van der Waals surface area contributed by atoms with Gasteiger partial charge < -0.3 is 10.1 Å². The summed E-state index contributed by atoms with van der Waals surface area (Å²) in [5.74, 6) is -0.612. The lowest BCUT2D eigenvalue weighted by Crippen LogP contribution is -2.31. The molecule has 1 unspecified atom stereocenters. The van der Waals surface area contributed by atoms with Gasteiger partial charge in [-0.2, -0.15) is 5.26 Å². The van der Waals surface area contributed by atoms with Crippen LogP contribution in [0.3, 0.4) is 0 Å². The fourth-order valence-electron chi connectivity index (χ4n) is 2.40. The van der Waals surface area contributed by atoms with E-state index in [0.717, 1.165) is 35.0 Å². The molecule has 7 heteroatoms. The quantitative estimate of drug-likeness (QED) is 0.592. The Balaban J connectivity index is 2.12. The second kappa shape index (κ2) is 8.90. The number of hydrogen-bond donors (Lipinski definition) is 1. The maximum Gasteiger partial charge on any atom is 0.316 e. The molecule has 1 atom stereocenters. The van der Waals surface area contributed by atoms with Crippen molar-refractivity contribution < 1.29 is 14.3 Å². The van der Waals surface area contributed by atoms with Crippen molar-refractivity contribution in [3.63, 3.8) is 0 Å². The van der Waals surface area contributed by atoms with Crippen LogP contribution in [0, 0.1) is 18.3 Å². The lowest BCUT2D eigenvalue weighted by atomic mass is 9.91. The van der Waals surface area contributed by atoms with Gasteiger partial charge in [0.25, 0.3) is 0 Å². The summed E-state index contributed by atoms with van der Waals surface area (Å²) in [6.45, 7) is 4.41. The van der Waals surface area contributed by atoms with E-state index >= 15 is 0 Å². The van der Waals surface area contributed by atoms with E-state index in [1.165, 1.54) is 0 Å². The predicted octanol–water partition coefficient (Wildman–Crippen LogP) is 3.47. The molecule has 1 amide bonds. The number of thiophene rings is 1. The number of ether oxygens (including phenoxy) is 1. The van der Waals surface area contributed by atoms with Crippen molar-refractivity contribution in [3.05, 3.63) is 32.5 Å². The van der Waals surface area contributed by atoms with E-state index < -0.39 is 0 Å². The van der Waals surface area contributed by atoms with Crippen LogP contribution >= 0.6 is 23.1 Å². The maximum atomic E-state index is 12.0. The van der Waals surface area contributed by atoms with E-state index in [0.29, 0.717) is 17.2 Å². The molecular weight excluding hydrogens is 344 g/mol. The summed E-state index contributed by atoms with van der Waals surface area (Å²) in [6.07, 6.45) is 2.05. The van der Waals surface area contributed by atoms with Crippen LogP contribution in [0.2, 0.25) is 0 Å². The molecule has 0 saturated carbocycles. The first-order valence-electron chi connectivity index (χ1n) is 7.83. The fraction of sp³-hybridized carbons (Fsp3) is 0.471. The van der Waals surface area contributed by atoms with Crippen molar-refractivity contribution in [1.82, 2.24) is 5.32 Å². The molecule has 0 bridgehead atoms. The molecule has 0 fully saturated rings. The molecule has 1 aromatic rings. The molecule has 0 aromatic carbocycles. The maximum absolute atomic E-state index is 12.0. The fourth-order valence-corrected chi connectivity index (χ4v) is 4.31. The van der Waals surface area contributed by atoms with Gasteiger partial charge in [-0.15, -0.1) is 11.3 Å². The van der Waals surface area contributed by atoms with Crippen molar-refractivity contribution in [2.24, 2.45) is 0 Å². The third kappa shape index (κ3) is 4.62. The third-order valence-electron chi connectivity index (χ3n) is 3.67. The number of allylic oxidation sites excluding steroid dienone is 1. The normalized spacial score (nSPS) is 17.4. The Morgan fingerprint density at radius 2 is 2.38 bits per heavy atom. The molecule has 1 N–H and O–H groups in total.